The Morgan fingerprint density at radius 1 is 1.53 bits per heavy atom. The first-order valence-corrected chi connectivity index (χ1v) is 5.02. The zero-order valence-corrected chi connectivity index (χ0v) is 9.03. The molecule has 1 aromatic carbocycles. The molecule has 0 aromatic heterocycles. The highest BCUT2D eigenvalue weighted by Crippen LogP contribution is 2.33. The maximum Gasteiger partial charge on any atom is 0.143 e. The molecule has 3 nitrogen and oxygen atoms in total. The minimum Gasteiger partial charge on any atom is -0.505 e. The minimum atomic E-state index is -0.188. The van der Waals surface area contributed by atoms with E-state index in [1.165, 1.54) is 0 Å². The van der Waals surface area contributed by atoms with Gasteiger partial charge in [0.25, 0.3) is 0 Å². The van der Waals surface area contributed by atoms with E-state index in [1.807, 2.05) is 19.1 Å². The number of allylic oxidation sites excluding steroid dienone is 1. The zero-order valence-electron chi connectivity index (χ0n) is 9.03. The highest BCUT2D eigenvalue weighted by molar-refractivity contribution is 5.59. The molecule has 0 aliphatic heterocycles. The quantitative estimate of drug-likeness (QED) is 0.402. The largest absolute Gasteiger partial charge is 0.505 e. The van der Waals surface area contributed by atoms with Crippen LogP contribution in [0.15, 0.2) is 24.8 Å². The Morgan fingerprint density at radius 3 is 2.80 bits per heavy atom. The van der Waals surface area contributed by atoms with E-state index in [1.54, 1.807) is 6.07 Å². The molecule has 0 spiro atoms. The summed E-state index contributed by atoms with van der Waals surface area (Å²) >= 11 is 0. The smallest absolute Gasteiger partial charge is 0.143 e. The molecule has 0 aliphatic carbocycles. The molecule has 15 heavy (non-hydrogen) atoms. The van der Waals surface area contributed by atoms with Crippen LogP contribution >= 0.6 is 0 Å². The molecule has 0 amide bonds. The van der Waals surface area contributed by atoms with Gasteiger partial charge in [-0.3, -0.25) is 0 Å². The Morgan fingerprint density at radius 2 is 2.20 bits per heavy atom. The molecule has 0 unspecified atom stereocenters. The summed E-state index contributed by atoms with van der Waals surface area (Å²) in [4.78, 5) is 0. The van der Waals surface area contributed by atoms with Crippen LogP contribution in [0.1, 0.15) is 30.0 Å². The molecule has 5 N–H and O–H groups in total. The van der Waals surface area contributed by atoms with Crippen LogP contribution in [0, 0.1) is 6.92 Å². The molecule has 0 saturated heterocycles. The van der Waals surface area contributed by atoms with Crippen LogP contribution in [0.5, 0.6) is 5.75 Å². The number of phenolic OH excluding ortho intramolecular Hbond substituents is 1. The van der Waals surface area contributed by atoms with Crippen LogP contribution < -0.4 is 11.5 Å². The maximum atomic E-state index is 9.82. The molecule has 0 fully saturated rings. The van der Waals surface area contributed by atoms with E-state index >= 15 is 0 Å². The van der Waals surface area contributed by atoms with Gasteiger partial charge in [-0.15, -0.1) is 6.58 Å². The first-order valence-electron chi connectivity index (χ1n) is 5.02. The summed E-state index contributed by atoms with van der Waals surface area (Å²) in [6.07, 6.45) is 3.41. The van der Waals surface area contributed by atoms with E-state index in [0.29, 0.717) is 5.69 Å². The zero-order chi connectivity index (χ0) is 11.4. The van der Waals surface area contributed by atoms with Gasteiger partial charge in [0.2, 0.25) is 0 Å². The van der Waals surface area contributed by atoms with Crippen molar-refractivity contribution in [2.24, 2.45) is 5.73 Å². The number of aryl methyl sites for hydroxylation is 1. The monoisotopic (exact) mass is 206 g/mol. The minimum absolute atomic E-state index is 0.117. The van der Waals surface area contributed by atoms with E-state index in [4.69, 9.17) is 11.5 Å². The number of hydrogen-bond acceptors (Lipinski definition) is 3. The van der Waals surface area contributed by atoms with Gasteiger partial charge in [0.15, 0.2) is 0 Å². The van der Waals surface area contributed by atoms with E-state index in [0.717, 1.165) is 24.0 Å². The molecule has 82 valence electrons. The van der Waals surface area contributed by atoms with Crippen LogP contribution in [-0.2, 0) is 0 Å². The van der Waals surface area contributed by atoms with Gasteiger partial charge in [-0.2, -0.15) is 0 Å². The standard InChI is InChI=1S/C12H18N2O/c1-3-4-5-9(13)11-8(2)6-7-10(14)12(11)15/h3,6-7,9,15H,1,4-5,13-14H2,2H3/t9-/m1/s1. The van der Waals surface area contributed by atoms with Crippen molar-refractivity contribution in [3.8, 4) is 5.75 Å². The number of aromatic hydroxyl groups is 1. The molecule has 0 radical (unpaired) electrons. The molecule has 0 heterocycles. The molecular formula is C12H18N2O. The molecule has 0 saturated carbocycles. The number of hydrogen-bond donors (Lipinski definition) is 3. The lowest BCUT2D eigenvalue weighted by atomic mass is 9.96. The van der Waals surface area contributed by atoms with Crippen LogP contribution in [0.2, 0.25) is 0 Å². The Balaban J connectivity index is 3.01. The second-order valence-electron chi connectivity index (χ2n) is 3.71. The Labute approximate surface area is 90.4 Å². The van der Waals surface area contributed by atoms with Crippen LogP contribution in [0.4, 0.5) is 5.69 Å². The Kier molecular flexibility index (Phi) is 3.74. The summed E-state index contributed by atoms with van der Waals surface area (Å²) < 4.78 is 0. The van der Waals surface area contributed by atoms with Crippen molar-refractivity contribution < 1.29 is 5.11 Å². The average molecular weight is 206 g/mol. The molecule has 1 rings (SSSR count). The van der Waals surface area contributed by atoms with E-state index < -0.39 is 0 Å². The summed E-state index contributed by atoms with van der Waals surface area (Å²) in [5, 5.41) is 9.82. The van der Waals surface area contributed by atoms with Gasteiger partial charge in [-0.25, -0.2) is 0 Å². The fourth-order valence-electron chi connectivity index (χ4n) is 1.64. The summed E-state index contributed by atoms with van der Waals surface area (Å²) in [7, 11) is 0. The van der Waals surface area contributed by atoms with Crippen molar-refractivity contribution in [2.75, 3.05) is 5.73 Å². The van der Waals surface area contributed by atoms with E-state index in [2.05, 4.69) is 6.58 Å². The first kappa shape index (κ1) is 11.6. The van der Waals surface area contributed by atoms with Gasteiger partial charge in [0.05, 0.1) is 5.69 Å². The first-order chi connectivity index (χ1) is 7.07. The highest BCUT2D eigenvalue weighted by Gasteiger charge is 2.14. The number of nitrogen functional groups attached to an aromatic ring is 1. The fraction of sp³-hybridized carbons (Fsp3) is 0.333. The molecule has 0 aliphatic rings. The van der Waals surface area contributed by atoms with Gasteiger partial charge >= 0.3 is 0 Å². The van der Waals surface area contributed by atoms with Gasteiger partial charge in [0.1, 0.15) is 5.75 Å². The third kappa shape index (κ3) is 2.50. The molecule has 1 aromatic rings. The average Bonchev–Trinajstić information content (AvgIpc) is 2.21. The number of phenols is 1. The number of benzene rings is 1. The van der Waals surface area contributed by atoms with Crippen molar-refractivity contribution in [2.45, 2.75) is 25.8 Å². The molecule has 1 atom stereocenters. The number of nitrogens with two attached hydrogens (primary N) is 2. The van der Waals surface area contributed by atoms with Gasteiger partial charge in [-0.1, -0.05) is 12.1 Å². The third-order valence-electron chi connectivity index (χ3n) is 2.52. The predicted molar refractivity (Wildman–Crippen MR) is 63.6 cm³/mol. The predicted octanol–water partition coefficient (Wildman–Crippen LogP) is 2.25. The summed E-state index contributed by atoms with van der Waals surface area (Å²) in [6.45, 7) is 5.56. The third-order valence-corrected chi connectivity index (χ3v) is 2.52. The summed E-state index contributed by atoms with van der Waals surface area (Å²) in [5.74, 6) is 0.117. The SMILES string of the molecule is C=CCC[C@@H](N)c1c(C)ccc(N)c1O. The molecular weight excluding hydrogens is 188 g/mol. The number of rotatable bonds is 4. The van der Waals surface area contributed by atoms with Crippen LogP contribution in [0.25, 0.3) is 0 Å². The second kappa shape index (κ2) is 4.84. The van der Waals surface area contributed by atoms with Crippen molar-refractivity contribution in [3.05, 3.63) is 35.9 Å². The highest BCUT2D eigenvalue weighted by atomic mass is 16.3. The lowest BCUT2D eigenvalue weighted by molar-refractivity contribution is 0.460. The van der Waals surface area contributed by atoms with Crippen molar-refractivity contribution in [1.29, 1.82) is 0 Å². The summed E-state index contributed by atoms with van der Waals surface area (Å²) in [5.41, 5.74) is 13.7. The Hall–Kier alpha value is -1.48. The van der Waals surface area contributed by atoms with Gasteiger partial charge in [-0.05, 0) is 31.4 Å². The maximum absolute atomic E-state index is 9.82. The Bertz CT molecular complexity index is 361. The van der Waals surface area contributed by atoms with E-state index in [9.17, 15) is 5.11 Å². The van der Waals surface area contributed by atoms with Crippen LogP contribution in [-0.4, -0.2) is 5.11 Å². The fourth-order valence-corrected chi connectivity index (χ4v) is 1.64. The van der Waals surface area contributed by atoms with E-state index in [-0.39, 0.29) is 11.8 Å². The summed E-state index contributed by atoms with van der Waals surface area (Å²) in [6, 6.07) is 3.37. The number of anilines is 1. The van der Waals surface area contributed by atoms with Crippen molar-refractivity contribution >= 4 is 5.69 Å². The van der Waals surface area contributed by atoms with Crippen LogP contribution in [0.3, 0.4) is 0 Å². The topological polar surface area (TPSA) is 72.3 Å². The van der Waals surface area contributed by atoms with Gasteiger partial charge in [0, 0.05) is 11.6 Å². The lowest BCUT2D eigenvalue weighted by Gasteiger charge is -2.16. The second-order valence-corrected chi connectivity index (χ2v) is 3.71. The molecule has 0 bridgehead atoms. The lowest BCUT2D eigenvalue weighted by Crippen LogP contribution is -2.12. The normalized spacial score (nSPS) is 12.4. The van der Waals surface area contributed by atoms with Crippen molar-refractivity contribution in [1.82, 2.24) is 0 Å². The van der Waals surface area contributed by atoms with Crippen molar-refractivity contribution in [3.63, 3.8) is 0 Å². The van der Waals surface area contributed by atoms with Gasteiger partial charge < -0.3 is 16.6 Å². The molecule has 3 heteroatoms.